The molecule has 0 spiro atoms. The van der Waals surface area contributed by atoms with Crippen LogP contribution in [0.1, 0.15) is 43.9 Å². The molecule has 0 saturated heterocycles. The van der Waals surface area contributed by atoms with E-state index in [4.69, 9.17) is 9.47 Å². The molecule has 0 fully saturated rings. The Balaban J connectivity index is 3.03. The number of amides is 1. The van der Waals surface area contributed by atoms with Gasteiger partial charge in [0.05, 0.1) is 13.5 Å². The lowest BCUT2D eigenvalue weighted by atomic mass is 10.0. The Morgan fingerprint density at radius 2 is 1.55 bits per heavy atom. The highest BCUT2D eigenvalue weighted by atomic mass is 79.9. The summed E-state index contributed by atoms with van der Waals surface area (Å²) in [5.41, 5.74) is 2.16. The smallest absolute Gasteiger partial charge is 0.408 e. The average Bonchev–Trinajstić information content (AvgIpc) is 2.66. The molecule has 186 valence electrons. The van der Waals surface area contributed by atoms with Crippen molar-refractivity contribution in [2.24, 2.45) is 0 Å². The van der Waals surface area contributed by atoms with Crippen LogP contribution in [-0.2, 0) is 43.5 Å². The van der Waals surface area contributed by atoms with Crippen LogP contribution < -0.4 is 5.32 Å². The van der Waals surface area contributed by atoms with Crippen molar-refractivity contribution in [3.05, 3.63) is 33.3 Å². The third-order valence-electron chi connectivity index (χ3n) is 4.21. The first kappa shape index (κ1) is 28.9. The molecule has 33 heavy (non-hydrogen) atoms. The quantitative estimate of drug-likeness (QED) is 0.364. The molecule has 0 unspecified atom stereocenters. The number of nitrogens with one attached hydrogen (secondary N) is 1. The molecule has 10 heteroatoms. The topological polar surface area (TPSA) is 97.4 Å². The van der Waals surface area contributed by atoms with Gasteiger partial charge in [0.1, 0.15) is 18.2 Å². The fourth-order valence-corrected chi connectivity index (χ4v) is 3.44. The van der Waals surface area contributed by atoms with Gasteiger partial charge in [0.15, 0.2) is 0 Å². The lowest BCUT2D eigenvalue weighted by molar-refractivity contribution is -0.152. The summed E-state index contributed by atoms with van der Waals surface area (Å²) < 4.78 is 16.3. The third kappa shape index (κ3) is 11.0. The van der Waals surface area contributed by atoms with Crippen molar-refractivity contribution in [3.8, 4) is 0 Å². The highest BCUT2D eigenvalue weighted by Crippen LogP contribution is 2.26. The largest absolute Gasteiger partial charge is 0.469 e. The molecule has 1 rings (SSSR count). The number of methoxy groups -OCH3 is 1. The van der Waals surface area contributed by atoms with Crippen LogP contribution in [0.2, 0.25) is 0 Å². The molecule has 9 nitrogen and oxygen atoms in total. The van der Waals surface area contributed by atoms with Crippen LogP contribution in [0.5, 0.6) is 0 Å². The van der Waals surface area contributed by atoms with E-state index in [1.54, 1.807) is 20.8 Å². The summed E-state index contributed by atoms with van der Waals surface area (Å²) in [7, 11) is 9.11. The average molecular weight is 530 g/mol. The maximum Gasteiger partial charge on any atom is 0.408 e. The predicted octanol–water partition coefficient (Wildman–Crippen LogP) is 3.07. The minimum atomic E-state index is -1.23. The van der Waals surface area contributed by atoms with Crippen LogP contribution in [0.15, 0.2) is 16.6 Å². The second-order valence-corrected chi connectivity index (χ2v) is 10.1. The van der Waals surface area contributed by atoms with E-state index in [-0.39, 0.29) is 13.0 Å². The molecule has 0 aliphatic carbocycles. The van der Waals surface area contributed by atoms with Gasteiger partial charge in [-0.15, -0.1) is 0 Å². The number of carbonyl (C=O) groups excluding carboxylic acids is 3. The van der Waals surface area contributed by atoms with Crippen LogP contribution >= 0.6 is 15.9 Å². The highest BCUT2D eigenvalue weighted by Gasteiger charge is 2.28. The Bertz CT molecular complexity index is 805. The number of esters is 2. The van der Waals surface area contributed by atoms with E-state index < -0.39 is 29.7 Å². The van der Waals surface area contributed by atoms with E-state index in [1.165, 1.54) is 7.11 Å². The molecule has 0 aromatic heterocycles. The highest BCUT2D eigenvalue weighted by molar-refractivity contribution is 9.10. The van der Waals surface area contributed by atoms with Crippen molar-refractivity contribution >= 4 is 34.0 Å². The Hall–Kier alpha value is -2.17. The Labute approximate surface area is 204 Å². The molecular formula is C23H36BrN3O6. The summed E-state index contributed by atoms with van der Waals surface area (Å²) >= 11 is 3.69. The number of hydrogen-bond acceptors (Lipinski definition) is 8. The van der Waals surface area contributed by atoms with Crippen LogP contribution in [0.4, 0.5) is 4.79 Å². The number of hydrogen-bond donors (Lipinski definition) is 1. The number of ether oxygens (including phenoxy) is 3. The van der Waals surface area contributed by atoms with Gasteiger partial charge in [-0.25, -0.2) is 9.59 Å². The molecule has 1 amide bonds. The van der Waals surface area contributed by atoms with Gasteiger partial charge in [0, 0.05) is 17.6 Å². The van der Waals surface area contributed by atoms with Crippen molar-refractivity contribution in [3.63, 3.8) is 0 Å². The normalized spacial score (nSPS) is 12.5. The molecule has 0 aliphatic heterocycles. The van der Waals surface area contributed by atoms with Crippen molar-refractivity contribution in [1.29, 1.82) is 0 Å². The number of alkyl carbamates (subject to hydrolysis) is 1. The van der Waals surface area contributed by atoms with Gasteiger partial charge in [0.25, 0.3) is 0 Å². The van der Waals surface area contributed by atoms with E-state index in [0.717, 1.165) is 21.2 Å². The number of rotatable bonds is 10. The Morgan fingerprint density at radius 3 is 1.97 bits per heavy atom. The van der Waals surface area contributed by atoms with Gasteiger partial charge < -0.3 is 29.3 Å². The van der Waals surface area contributed by atoms with E-state index in [9.17, 15) is 14.4 Å². The van der Waals surface area contributed by atoms with Crippen LogP contribution in [-0.4, -0.2) is 74.8 Å². The molecule has 0 bridgehead atoms. The number of halogens is 1. The molecule has 1 aromatic carbocycles. The van der Waals surface area contributed by atoms with Gasteiger partial charge >= 0.3 is 18.0 Å². The van der Waals surface area contributed by atoms with E-state index in [1.807, 2.05) is 50.1 Å². The van der Waals surface area contributed by atoms with E-state index >= 15 is 0 Å². The zero-order valence-electron chi connectivity index (χ0n) is 20.8. The third-order valence-corrected chi connectivity index (χ3v) is 5.23. The Morgan fingerprint density at radius 1 is 1.03 bits per heavy atom. The lowest BCUT2D eigenvalue weighted by Crippen LogP contribution is -2.45. The monoisotopic (exact) mass is 529 g/mol. The van der Waals surface area contributed by atoms with E-state index in [2.05, 4.69) is 26.0 Å². The first-order chi connectivity index (χ1) is 15.2. The van der Waals surface area contributed by atoms with Gasteiger partial charge in [-0.3, -0.25) is 4.79 Å². The molecular weight excluding hydrogens is 494 g/mol. The van der Waals surface area contributed by atoms with Gasteiger partial charge in [0.2, 0.25) is 0 Å². The van der Waals surface area contributed by atoms with Crippen molar-refractivity contribution in [2.75, 3.05) is 35.3 Å². The summed E-state index contributed by atoms with van der Waals surface area (Å²) in [6, 6.07) is 2.70. The van der Waals surface area contributed by atoms with Gasteiger partial charge in [-0.2, -0.15) is 0 Å². The SMILES string of the molecule is COC(=O)C[C@H](NC(=O)OC(C)(C)C)C(=O)OCc1cc(CN(C)C)c(Br)c(CN(C)C)c1. The van der Waals surface area contributed by atoms with Gasteiger partial charge in [-0.05, 0) is 77.8 Å². The van der Waals surface area contributed by atoms with Crippen LogP contribution in [0, 0.1) is 0 Å². The standard InChI is InChI=1S/C23H36BrN3O6/c1-23(2,3)33-22(30)25-18(11-19(28)31-8)21(29)32-14-15-9-16(12-26(4)5)20(24)17(10-15)13-27(6)7/h9-10,18H,11-14H2,1-8H3,(H,25,30)/t18-/m0/s1. The molecule has 0 saturated carbocycles. The summed E-state index contributed by atoms with van der Waals surface area (Å²) in [6.45, 7) is 6.49. The van der Waals surface area contributed by atoms with Crippen LogP contribution in [0.3, 0.4) is 0 Å². The lowest BCUT2D eigenvalue weighted by Gasteiger charge is -2.23. The van der Waals surface area contributed by atoms with Crippen molar-refractivity contribution in [2.45, 2.75) is 58.5 Å². The minimum absolute atomic E-state index is 0.0133. The molecule has 0 radical (unpaired) electrons. The molecule has 0 aliphatic rings. The minimum Gasteiger partial charge on any atom is -0.469 e. The molecule has 1 aromatic rings. The summed E-state index contributed by atoms with van der Waals surface area (Å²) in [4.78, 5) is 40.7. The fraction of sp³-hybridized carbons (Fsp3) is 0.609. The van der Waals surface area contributed by atoms with E-state index in [0.29, 0.717) is 13.1 Å². The second-order valence-electron chi connectivity index (χ2n) is 9.29. The molecule has 0 heterocycles. The Kier molecular flexibility index (Phi) is 11.3. The predicted molar refractivity (Wildman–Crippen MR) is 129 cm³/mol. The van der Waals surface area contributed by atoms with Crippen molar-refractivity contribution < 1.29 is 28.6 Å². The number of carbonyl (C=O) groups is 3. The fourth-order valence-electron chi connectivity index (χ4n) is 2.97. The second kappa shape index (κ2) is 12.9. The summed E-state index contributed by atoms with van der Waals surface area (Å²) in [6.07, 6.45) is -1.19. The van der Waals surface area contributed by atoms with Gasteiger partial charge in [-0.1, -0.05) is 15.9 Å². The van der Waals surface area contributed by atoms with Crippen molar-refractivity contribution in [1.82, 2.24) is 15.1 Å². The molecule has 1 atom stereocenters. The maximum atomic E-state index is 12.7. The maximum absolute atomic E-state index is 12.7. The first-order valence-electron chi connectivity index (χ1n) is 10.5. The zero-order valence-corrected chi connectivity index (χ0v) is 22.4. The van der Waals surface area contributed by atoms with Crippen LogP contribution in [0.25, 0.3) is 0 Å². The first-order valence-corrected chi connectivity index (χ1v) is 11.3. The zero-order chi connectivity index (χ0) is 25.3. The molecule has 1 N–H and O–H groups in total. The summed E-state index contributed by atoms with van der Waals surface area (Å²) in [5, 5.41) is 2.40. The summed E-state index contributed by atoms with van der Waals surface area (Å²) in [5.74, 6) is -1.41. The number of benzene rings is 1. The number of nitrogens with zero attached hydrogens (tertiary/aromatic N) is 2.